The molecule has 0 aliphatic carbocycles. The molecule has 148 valence electrons. The Kier molecular flexibility index (Phi) is 4.61. The van der Waals surface area contributed by atoms with Crippen molar-refractivity contribution in [2.75, 3.05) is 13.1 Å². The van der Waals surface area contributed by atoms with Crippen molar-refractivity contribution >= 4 is 28.7 Å². The second-order valence-corrected chi connectivity index (χ2v) is 8.22. The Hall–Kier alpha value is -2.83. The first kappa shape index (κ1) is 18.5. The Balaban J connectivity index is 1.46. The summed E-state index contributed by atoms with van der Waals surface area (Å²) in [5.74, 6) is 0.264. The predicted molar refractivity (Wildman–Crippen MR) is 106 cm³/mol. The Morgan fingerprint density at radius 1 is 1.18 bits per heavy atom. The number of urea groups is 1. The summed E-state index contributed by atoms with van der Waals surface area (Å²) in [4.78, 5) is 41.7. The number of imide groups is 1. The fourth-order valence-electron chi connectivity index (χ4n) is 4.44. The standard InChI is InChI=1S/C21H26N4O3/c1-13(2)15(16-12-22-17-6-4-3-5-14(16)17)11-18(26)25-9-7-21(8-10-25)19(27)23-20(28)24-21/h3-6,12-13,15,22H,7-11H2,1-2H3,(H2,23,24,27,28). The lowest BCUT2D eigenvalue weighted by atomic mass is 9.84. The van der Waals surface area contributed by atoms with E-state index in [-0.39, 0.29) is 17.7 Å². The molecule has 4 rings (SSSR count). The number of hydrogen-bond donors (Lipinski definition) is 3. The number of nitrogens with zero attached hydrogens (tertiary/aromatic N) is 1. The normalized spacial score (nSPS) is 19.9. The van der Waals surface area contributed by atoms with E-state index in [4.69, 9.17) is 0 Å². The molecule has 0 radical (unpaired) electrons. The molecule has 0 bridgehead atoms. The molecule has 2 saturated heterocycles. The maximum Gasteiger partial charge on any atom is 0.322 e. The molecule has 2 aromatic rings. The van der Waals surface area contributed by atoms with Crippen molar-refractivity contribution < 1.29 is 14.4 Å². The minimum Gasteiger partial charge on any atom is -0.361 e. The van der Waals surface area contributed by atoms with Crippen LogP contribution in [0.3, 0.4) is 0 Å². The fraction of sp³-hybridized carbons (Fsp3) is 0.476. The zero-order chi connectivity index (χ0) is 19.9. The summed E-state index contributed by atoms with van der Waals surface area (Å²) in [6, 6.07) is 7.71. The Bertz CT molecular complexity index is 925. The molecule has 28 heavy (non-hydrogen) atoms. The number of H-pyrrole nitrogens is 1. The number of aromatic amines is 1. The smallest absolute Gasteiger partial charge is 0.322 e. The van der Waals surface area contributed by atoms with Gasteiger partial charge < -0.3 is 15.2 Å². The van der Waals surface area contributed by atoms with Crippen LogP contribution in [0, 0.1) is 5.92 Å². The molecule has 1 aromatic heterocycles. The average Bonchev–Trinajstić information content (AvgIpc) is 3.21. The predicted octanol–water partition coefficient (Wildman–Crippen LogP) is 2.50. The zero-order valence-corrected chi connectivity index (χ0v) is 16.2. The van der Waals surface area contributed by atoms with Gasteiger partial charge in [-0.2, -0.15) is 0 Å². The number of para-hydroxylation sites is 1. The molecule has 3 N–H and O–H groups in total. The van der Waals surface area contributed by atoms with Gasteiger partial charge in [-0.3, -0.25) is 14.9 Å². The summed E-state index contributed by atoms with van der Waals surface area (Å²) in [5.41, 5.74) is 1.41. The largest absolute Gasteiger partial charge is 0.361 e. The third kappa shape index (κ3) is 3.15. The van der Waals surface area contributed by atoms with Gasteiger partial charge in [0.05, 0.1) is 0 Å². The molecular formula is C21H26N4O3. The van der Waals surface area contributed by atoms with E-state index in [1.807, 2.05) is 29.3 Å². The Morgan fingerprint density at radius 2 is 1.89 bits per heavy atom. The van der Waals surface area contributed by atoms with Crippen molar-refractivity contribution in [1.82, 2.24) is 20.5 Å². The molecule has 0 saturated carbocycles. The van der Waals surface area contributed by atoms with Gasteiger partial charge in [0, 0.05) is 36.6 Å². The van der Waals surface area contributed by atoms with E-state index in [2.05, 4.69) is 35.5 Å². The molecule has 3 heterocycles. The van der Waals surface area contributed by atoms with Crippen molar-refractivity contribution in [2.45, 2.75) is 44.6 Å². The van der Waals surface area contributed by atoms with Crippen LogP contribution in [-0.4, -0.2) is 46.4 Å². The highest BCUT2D eigenvalue weighted by molar-refractivity contribution is 6.07. The number of benzene rings is 1. The monoisotopic (exact) mass is 382 g/mol. The minimum atomic E-state index is -0.845. The van der Waals surface area contributed by atoms with Gasteiger partial charge in [0.15, 0.2) is 0 Å². The number of amides is 4. The van der Waals surface area contributed by atoms with Gasteiger partial charge in [-0.1, -0.05) is 32.0 Å². The lowest BCUT2D eigenvalue weighted by Crippen LogP contribution is -2.55. The SMILES string of the molecule is CC(C)C(CC(=O)N1CCC2(CC1)NC(=O)NC2=O)c1c[nH]c2ccccc12. The lowest BCUT2D eigenvalue weighted by molar-refractivity contribution is -0.136. The third-order valence-corrected chi connectivity index (χ3v) is 6.20. The lowest BCUT2D eigenvalue weighted by Gasteiger charge is -2.37. The van der Waals surface area contributed by atoms with Crippen LogP contribution in [0.1, 0.15) is 44.6 Å². The number of fused-ring (bicyclic) bond motifs is 1. The number of likely N-dealkylation sites (tertiary alicyclic amines) is 1. The number of rotatable bonds is 4. The number of carbonyl (C=O) groups excluding carboxylic acids is 3. The first-order chi connectivity index (χ1) is 13.4. The second kappa shape index (κ2) is 6.96. The van der Waals surface area contributed by atoms with Crippen LogP contribution in [0.15, 0.2) is 30.5 Å². The van der Waals surface area contributed by atoms with Crippen LogP contribution >= 0.6 is 0 Å². The maximum atomic E-state index is 13.0. The number of nitrogens with one attached hydrogen (secondary N) is 3. The maximum absolute atomic E-state index is 13.0. The van der Waals surface area contributed by atoms with Gasteiger partial charge in [-0.25, -0.2) is 4.79 Å². The van der Waals surface area contributed by atoms with Crippen LogP contribution < -0.4 is 10.6 Å². The van der Waals surface area contributed by atoms with Gasteiger partial charge in [0.25, 0.3) is 5.91 Å². The zero-order valence-electron chi connectivity index (χ0n) is 16.2. The Labute approximate surface area is 163 Å². The molecule has 7 heteroatoms. The number of piperidine rings is 1. The molecule has 1 atom stereocenters. The first-order valence-electron chi connectivity index (χ1n) is 9.87. The number of aromatic nitrogens is 1. The highest BCUT2D eigenvalue weighted by Crippen LogP contribution is 2.34. The molecule has 4 amide bonds. The quantitative estimate of drug-likeness (QED) is 0.709. The van der Waals surface area contributed by atoms with Gasteiger partial charge in [0.2, 0.25) is 5.91 Å². The summed E-state index contributed by atoms with van der Waals surface area (Å²) in [5, 5.41) is 6.21. The van der Waals surface area contributed by atoms with Crippen LogP contribution in [-0.2, 0) is 9.59 Å². The molecule has 2 aliphatic rings. The van der Waals surface area contributed by atoms with E-state index >= 15 is 0 Å². The van der Waals surface area contributed by atoms with E-state index in [0.717, 1.165) is 10.9 Å². The number of hydrogen-bond acceptors (Lipinski definition) is 3. The summed E-state index contributed by atoms with van der Waals surface area (Å²) in [6.45, 7) is 5.24. The average molecular weight is 382 g/mol. The summed E-state index contributed by atoms with van der Waals surface area (Å²) >= 11 is 0. The van der Waals surface area contributed by atoms with Crippen LogP contribution in [0.25, 0.3) is 10.9 Å². The van der Waals surface area contributed by atoms with Crippen LogP contribution in [0.5, 0.6) is 0 Å². The van der Waals surface area contributed by atoms with Crippen molar-refractivity contribution in [1.29, 1.82) is 0 Å². The molecule has 1 spiro atoms. The summed E-state index contributed by atoms with van der Waals surface area (Å²) in [6.07, 6.45) is 3.36. The van der Waals surface area contributed by atoms with Crippen molar-refractivity contribution in [3.05, 3.63) is 36.0 Å². The third-order valence-electron chi connectivity index (χ3n) is 6.20. The summed E-state index contributed by atoms with van der Waals surface area (Å²) in [7, 11) is 0. The Morgan fingerprint density at radius 3 is 2.54 bits per heavy atom. The highest BCUT2D eigenvalue weighted by atomic mass is 16.2. The van der Waals surface area contributed by atoms with Gasteiger partial charge in [-0.05, 0) is 36.3 Å². The molecule has 7 nitrogen and oxygen atoms in total. The molecular weight excluding hydrogens is 356 g/mol. The summed E-state index contributed by atoms with van der Waals surface area (Å²) < 4.78 is 0. The van der Waals surface area contributed by atoms with E-state index in [1.165, 1.54) is 5.56 Å². The van der Waals surface area contributed by atoms with Crippen molar-refractivity contribution in [3.63, 3.8) is 0 Å². The van der Waals surface area contributed by atoms with Gasteiger partial charge >= 0.3 is 6.03 Å². The molecule has 2 fully saturated rings. The fourth-order valence-corrected chi connectivity index (χ4v) is 4.44. The molecule has 1 unspecified atom stereocenters. The molecule has 1 aromatic carbocycles. The van der Waals surface area contributed by atoms with Crippen molar-refractivity contribution in [3.8, 4) is 0 Å². The van der Waals surface area contributed by atoms with E-state index in [1.54, 1.807) is 0 Å². The highest BCUT2D eigenvalue weighted by Gasteiger charge is 2.48. The van der Waals surface area contributed by atoms with Crippen LogP contribution in [0.2, 0.25) is 0 Å². The van der Waals surface area contributed by atoms with E-state index < -0.39 is 11.6 Å². The topological polar surface area (TPSA) is 94.3 Å². The van der Waals surface area contributed by atoms with Gasteiger partial charge in [0.1, 0.15) is 5.54 Å². The van der Waals surface area contributed by atoms with Crippen molar-refractivity contribution in [2.24, 2.45) is 5.92 Å². The van der Waals surface area contributed by atoms with Crippen LogP contribution in [0.4, 0.5) is 4.79 Å². The molecule has 2 aliphatic heterocycles. The first-order valence-corrected chi connectivity index (χ1v) is 9.87. The van der Waals surface area contributed by atoms with E-state index in [0.29, 0.717) is 38.3 Å². The second-order valence-electron chi connectivity index (χ2n) is 8.22. The van der Waals surface area contributed by atoms with Gasteiger partial charge in [-0.15, -0.1) is 0 Å². The number of carbonyl (C=O) groups is 3. The minimum absolute atomic E-state index is 0.101. The van der Waals surface area contributed by atoms with E-state index in [9.17, 15) is 14.4 Å².